The van der Waals surface area contributed by atoms with Crippen molar-refractivity contribution in [1.29, 1.82) is 0 Å². The second-order valence-electron chi connectivity index (χ2n) is 5.44. The molecular weight excluding hydrogens is 250 g/mol. The summed E-state index contributed by atoms with van der Waals surface area (Å²) in [5.41, 5.74) is 2.33. The molecule has 4 heteroatoms. The highest BCUT2D eigenvalue weighted by molar-refractivity contribution is 5.33. The minimum absolute atomic E-state index is 0.222. The normalized spacial score (nSPS) is 14.2. The summed E-state index contributed by atoms with van der Waals surface area (Å²) in [6, 6.07) is 10.3. The molecular formula is C16H23N3O. The van der Waals surface area contributed by atoms with E-state index in [9.17, 15) is 5.11 Å². The Balaban J connectivity index is 1.79. The zero-order valence-corrected chi connectivity index (χ0v) is 12.2. The molecule has 0 fully saturated rings. The molecule has 2 N–H and O–H groups in total. The molecule has 1 aromatic carbocycles. The lowest BCUT2D eigenvalue weighted by atomic mass is 10.0. The van der Waals surface area contributed by atoms with E-state index in [-0.39, 0.29) is 6.10 Å². The van der Waals surface area contributed by atoms with Crippen LogP contribution in [0.5, 0.6) is 0 Å². The van der Waals surface area contributed by atoms with E-state index in [4.69, 9.17) is 0 Å². The largest absolute Gasteiger partial charge is 0.393 e. The lowest BCUT2D eigenvalue weighted by Gasteiger charge is -2.14. The van der Waals surface area contributed by atoms with Crippen molar-refractivity contribution in [3.63, 3.8) is 0 Å². The second-order valence-corrected chi connectivity index (χ2v) is 5.44. The molecule has 0 saturated carbocycles. The Labute approximate surface area is 120 Å². The molecule has 0 aliphatic rings. The Morgan fingerprint density at radius 2 is 2.00 bits per heavy atom. The maximum Gasteiger partial charge on any atom is 0.0645 e. The first kappa shape index (κ1) is 14.8. The summed E-state index contributed by atoms with van der Waals surface area (Å²) in [4.78, 5) is 0. The standard InChI is InChI=1S/C16H23N3O/c1-13(10-14(2)20)11-17-12-15-4-6-16(7-5-15)19-9-3-8-18-19/h3-9,13-14,17,20H,10-12H2,1-2H3. The van der Waals surface area contributed by atoms with Gasteiger partial charge in [0.15, 0.2) is 0 Å². The zero-order valence-electron chi connectivity index (χ0n) is 12.2. The number of hydrogen-bond acceptors (Lipinski definition) is 3. The summed E-state index contributed by atoms with van der Waals surface area (Å²) in [7, 11) is 0. The van der Waals surface area contributed by atoms with Crippen LogP contribution >= 0.6 is 0 Å². The van der Waals surface area contributed by atoms with E-state index in [0.29, 0.717) is 5.92 Å². The quantitative estimate of drug-likeness (QED) is 0.814. The van der Waals surface area contributed by atoms with Gasteiger partial charge < -0.3 is 10.4 Å². The fraction of sp³-hybridized carbons (Fsp3) is 0.438. The van der Waals surface area contributed by atoms with Crippen molar-refractivity contribution >= 4 is 0 Å². The second kappa shape index (κ2) is 7.22. The van der Waals surface area contributed by atoms with Crippen LogP contribution in [0.3, 0.4) is 0 Å². The van der Waals surface area contributed by atoms with Crippen molar-refractivity contribution in [2.75, 3.05) is 6.54 Å². The number of nitrogens with zero attached hydrogens (tertiary/aromatic N) is 2. The third-order valence-corrected chi connectivity index (χ3v) is 3.27. The fourth-order valence-corrected chi connectivity index (χ4v) is 2.32. The Bertz CT molecular complexity index is 491. The number of benzene rings is 1. The van der Waals surface area contributed by atoms with Crippen LogP contribution in [-0.4, -0.2) is 27.5 Å². The monoisotopic (exact) mass is 273 g/mol. The molecule has 0 spiro atoms. The Morgan fingerprint density at radius 1 is 1.25 bits per heavy atom. The molecule has 1 aromatic heterocycles. The van der Waals surface area contributed by atoms with Gasteiger partial charge in [-0.15, -0.1) is 0 Å². The lowest BCUT2D eigenvalue weighted by Crippen LogP contribution is -2.23. The van der Waals surface area contributed by atoms with Crippen molar-refractivity contribution in [3.8, 4) is 5.69 Å². The first-order valence-electron chi connectivity index (χ1n) is 7.13. The minimum atomic E-state index is -0.222. The molecule has 1 heterocycles. The SMILES string of the molecule is CC(O)CC(C)CNCc1ccc(-n2cccn2)cc1. The number of rotatable bonds is 7. The highest BCUT2D eigenvalue weighted by Crippen LogP contribution is 2.09. The van der Waals surface area contributed by atoms with Gasteiger partial charge in [0.1, 0.15) is 0 Å². The van der Waals surface area contributed by atoms with E-state index in [0.717, 1.165) is 25.2 Å². The first-order chi connectivity index (χ1) is 9.65. The average molecular weight is 273 g/mol. The summed E-state index contributed by atoms with van der Waals surface area (Å²) < 4.78 is 1.85. The summed E-state index contributed by atoms with van der Waals surface area (Å²) in [5.74, 6) is 0.485. The predicted octanol–water partition coefficient (Wildman–Crippen LogP) is 2.37. The van der Waals surface area contributed by atoms with Gasteiger partial charge in [-0.25, -0.2) is 4.68 Å². The predicted molar refractivity (Wildman–Crippen MR) is 80.7 cm³/mol. The van der Waals surface area contributed by atoms with Crippen LogP contribution in [0.4, 0.5) is 0 Å². The van der Waals surface area contributed by atoms with Crippen molar-refractivity contribution in [2.45, 2.75) is 32.9 Å². The highest BCUT2D eigenvalue weighted by atomic mass is 16.3. The molecule has 108 valence electrons. The Kier molecular flexibility index (Phi) is 5.32. The maximum atomic E-state index is 9.32. The van der Waals surface area contributed by atoms with E-state index < -0.39 is 0 Å². The van der Waals surface area contributed by atoms with Crippen LogP contribution in [0, 0.1) is 5.92 Å². The number of hydrogen-bond donors (Lipinski definition) is 2. The minimum Gasteiger partial charge on any atom is -0.393 e. The van der Waals surface area contributed by atoms with Crippen LogP contribution < -0.4 is 5.32 Å². The number of aliphatic hydroxyl groups is 1. The van der Waals surface area contributed by atoms with Gasteiger partial charge in [-0.1, -0.05) is 19.1 Å². The van der Waals surface area contributed by atoms with Crippen molar-refractivity contribution < 1.29 is 5.11 Å². The van der Waals surface area contributed by atoms with Crippen molar-refractivity contribution in [2.24, 2.45) is 5.92 Å². The van der Waals surface area contributed by atoms with Crippen LogP contribution in [0.25, 0.3) is 5.69 Å². The molecule has 2 atom stereocenters. The first-order valence-corrected chi connectivity index (χ1v) is 7.13. The van der Waals surface area contributed by atoms with E-state index in [1.807, 2.05) is 23.9 Å². The van der Waals surface area contributed by atoms with Gasteiger partial charge in [0, 0.05) is 18.9 Å². The van der Waals surface area contributed by atoms with Gasteiger partial charge in [0.2, 0.25) is 0 Å². The van der Waals surface area contributed by atoms with Crippen LogP contribution in [0.2, 0.25) is 0 Å². The summed E-state index contributed by atoms with van der Waals surface area (Å²) in [6.07, 6.45) is 4.33. The Morgan fingerprint density at radius 3 is 2.60 bits per heavy atom. The molecule has 4 nitrogen and oxygen atoms in total. The molecule has 0 bridgehead atoms. The van der Waals surface area contributed by atoms with Crippen molar-refractivity contribution in [1.82, 2.24) is 15.1 Å². The topological polar surface area (TPSA) is 50.1 Å². The number of aliphatic hydroxyl groups excluding tert-OH is 1. The molecule has 0 radical (unpaired) electrons. The third kappa shape index (κ3) is 4.47. The molecule has 2 aromatic rings. The molecule has 0 aliphatic carbocycles. The van der Waals surface area contributed by atoms with E-state index in [2.05, 4.69) is 41.6 Å². The maximum absolute atomic E-state index is 9.32. The molecule has 2 rings (SSSR count). The van der Waals surface area contributed by atoms with Gasteiger partial charge in [-0.05, 0) is 49.6 Å². The van der Waals surface area contributed by atoms with Gasteiger partial charge in [0.05, 0.1) is 11.8 Å². The molecule has 20 heavy (non-hydrogen) atoms. The van der Waals surface area contributed by atoms with E-state index in [1.165, 1.54) is 5.56 Å². The van der Waals surface area contributed by atoms with Crippen molar-refractivity contribution in [3.05, 3.63) is 48.3 Å². The molecule has 0 saturated heterocycles. The van der Waals surface area contributed by atoms with Gasteiger partial charge >= 0.3 is 0 Å². The summed E-state index contributed by atoms with van der Waals surface area (Å²) in [6.45, 7) is 5.76. The Hall–Kier alpha value is -1.65. The lowest BCUT2D eigenvalue weighted by molar-refractivity contribution is 0.163. The summed E-state index contributed by atoms with van der Waals surface area (Å²) >= 11 is 0. The van der Waals surface area contributed by atoms with Gasteiger partial charge in [-0.2, -0.15) is 5.10 Å². The molecule has 2 unspecified atom stereocenters. The summed E-state index contributed by atoms with van der Waals surface area (Å²) in [5, 5.41) is 17.0. The smallest absolute Gasteiger partial charge is 0.0645 e. The highest BCUT2D eigenvalue weighted by Gasteiger charge is 2.05. The van der Waals surface area contributed by atoms with Gasteiger partial charge in [-0.3, -0.25) is 0 Å². The number of aromatic nitrogens is 2. The molecule has 0 amide bonds. The number of nitrogens with one attached hydrogen (secondary N) is 1. The zero-order chi connectivity index (χ0) is 14.4. The van der Waals surface area contributed by atoms with Gasteiger partial charge in [0.25, 0.3) is 0 Å². The van der Waals surface area contributed by atoms with Crippen LogP contribution in [-0.2, 0) is 6.54 Å². The van der Waals surface area contributed by atoms with E-state index in [1.54, 1.807) is 6.20 Å². The van der Waals surface area contributed by atoms with E-state index >= 15 is 0 Å². The average Bonchev–Trinajstić information content (AvgIpc) is 2.92. The van der Waals surface area contributed by atoms with Crippen LogP contribution in [0.1, 0.15) is 25.8 Å². The fourth-order valence-electron chi connectivity index (χ4n) is 2.32. The third-order valence-electron chi connectivity index (χ3n) is 3.27. The van der Waals surface area contributed by atoms with Crippen LogP contribution in [0.15, 0.2) is 42.7 Å². The molecule has 0 aliphatic heterocycles.